The number of nitrogens with one attached hydrogen (secondary N) is 2. The van der Waals surface area contributed by atoms with E-state index in [1.54, 1.807) is 6.07 Å². The highest BCUT2D eigenvalue weighted by atomic mass is 16.5. The van der Waals surface area contributed by atoms with E-state index in [0.717, 1.165) is 43.0 Å². The second-order valence-corrected chi connectivity index (χ2v) is 11.2. The number of carbonyl (C=O) groups is 2. The maximum atomic E-state index is 13.6. The lowest BCUT2D eigenvalue weighted by molar-refractivity contribution is -0.120. The van der Waals surface area contributed by atoms with Gasteiger partial charge in [-0.1, -0.05) is 36.4 Å². The molecule has 2 heterocycles. The van der Waals surface area contributed by atoms with Crippen LogP contribution in [0.4, 0.5) is 5.69 Å². The minimum Gasteiger partial charge on any atom is -0.484 e. The predicted octanol–water partition coefficient (Wildman–Crippen LogP) is 5.16. The highest BCUT2D eigenvalue weighted by Crippen LogP contribution is 2.35. The monoisotopic (exact) mass is 556 g/mol. The Labute approximate surface area is 242 Å². The standard InChI is InChI=1S/C33H40N4O4/c1-23(2)37-22-28(21-36(3)20-24-12-14-27(15-13-24)40-26-8-5-4-6-9-26)41-31-29(33(37)39)10-7-11-30(31)35-32(38)25-16-18-34-19-17-25/h4-15,23,25,28,34H,16-22H2,1-3H3,(H,35,38)/t28-/m1/s1. The van der Waals surface area contributed by atoms with Gasteiger partial charge in [-0.05, 0) is 88.8 Å². The molecule has 0 aromatic heterocycles. The molecule has 216 valence electrons. The van der Waals surface area contributed by atoms with Crippen molar-refractivity contribution in [1.82, 2.24) is 15.1 Å². The summed E-state index contributed by atoms with van der Waals surface area (Å²) in [7, 11) is 2.05. The molecular weight excluding hydrogens is 516 g/mol. The molecular formula is C33H40N4O4. The van der Waals surface area contributed by atoms with Crippen molar-refractivity contribution in [3.05, 3.63) is 83.9 Å². The first-order valence-corrected chi connectivity index (χ1v) is 14.5. The Bertz CT molecular complexity index is 1320. The molecule has 2 N–H and O–H groups in total. The fraction of sp³-hybridized carbons (Fsp3) is 0.394. The van der Waals surface area contributed by atoms with Gasteiger partial charge in [-0.2, -0.15) is 0 Å². The molecule has 0 radical (unpaired) electrons. The number of rotatable bonds is 9. The van der Waals surface area contributed by atoms with Crippen molar-refractivity contribution in [2.24, 2.45) is 5.92 Å². The van der Waals surface area contributed by atoms with E-state index in [4.69, 9.17) is 9.47 Å². The summed E-state index contributed by atoms with van der Waals surface area (Å²) in [6.45, 7) is 7.48. The number of carbonyl (C=O) groups excluding carboxylic acids is 2. The van der Waals surface area contributed by atoms with Gasteiger partial charge in [-0.15, -0.1) is 0 Å². The van der Waals surface area contributed by atoms with Gasteiger partial charge in [0, 0.05) is 25.0 Å². The van der Waals surface area contributed by atoms with Gasteiger partial charge in [0.2, 0.25) is 5.91 Å². The molecule has 1 saturated heterocycles. The normalized spacial score (nSPS) is 17.6. The van der Waals surface area contributed by atoms with Gasteiger partial charge in [0.05, 0.1) is 17.8 Å². The summed E-state index contributed by atoms with van der Waals surface area (Å²) >= 11 is 0. The fourth-order valence-electron chi connectivity index (χ4n) is 5.46. The summed E-state index contributed by atoms with van der Waals surface area (Å²) < 4.78 is 12.5. The topological polar surface area (TPSA) is 83.1 Å². The first kappa shape index (κ1) is 28.6. The number of benzene rings is 3. The van der Waals surface area contributed by atoms with Crippen LogP contribution in [0, 0.1) is 5.92 Å². The smallest absolute Gasteiger partial charge is 0.258 e. The number of fused-ring (bicyclic) bond motifs is 1. The van der Waals surface area contributed by atoms with E-state index < -0.39 is 0 Å². The van der Waals surface area contributed by atoms with E-state index >= 15 is 0 Å². The molecule has 2 aliphatic heterocycles. The van der Waals surface area contributed by atoms with E-state index in [1.165, 1.54) is 0 Å². The predicted molar refractivity (Wildman–Crippen MR) is 161 cm³/mol. The number of ether oxygens (including phenoxy) is 2. The summed E-state index contributed by atoms with van der Waals surface area (Å²) in [6.07, 6.45) is 1.33. The van der Waals surface area contributed by atoms with Gasteiger partial charge in [0.1, 0.15) is 17.6 Å². The third-order valence-electron chi connectivity index (χ3n) is 7.65. The van der Waals surface area contributed by atoms with Gasteiger partial charge < -0.3 is 25.0 Å². The summed E-state index contributed by atoms with van der Waals surface area (Å²) in [5.74, 6) is 1.91. The molecule has 5 rings (SSSR count). The van der Waals surface area contributed by atoms with Crippen LogP contribution in [0.3, 0.4) is 0 Å². The molecule has 0 unspecified atom stereocenters. The molecule has 8 heteroatoms. The van der Waals surface area contributed by atoms with Crippen LogP contribution in [-0.2, 0) is 11.3 Å². The minimum absolute atomic E-state index is 0.00926. The van der Waals surface area contributed by atoms with Crippen molar-refractivity contribution in [3.63, 3.8) is 0 Å². The highest BCUT2D eigenvalue weighted by Gasteiger charge is 2.33. The van der Waals surface area contributed by atoms with Gasteiger partial charge in [0.25, 0.3) is 5.91 Å². The largest absolute Gasteiger partial charge is 0.484 e. The lowest BCUT2D eigenvalue weighted by Crippen LogP contribution is -2.45. The molecule has 41 heavy (non-hydrogen) atoms. The number of para-hydroxylation sites is 2. The zero-order valence-corrected chi connectivity index (χ0v) is 24.1. The van der Waals surface area contributed by atoms with Gasteiger partial charge in [-0.25, -0.2) is 0 Å². The summed E-state index contributed by atoms with van der Waals surface area (Å²) in [5, 5.41) is 6.38. The van der Waals surface area contributed by atoms with E-state index in [1.807, 2.05) is 73.3 Å². The molecule has 2 aliphatic rings. The molecule has 0 bridgehead atoms. The van der Waals surface area contributed by atoms with E-state index in [9.17, 15) is 9.59 Å². The van der Waals surface area contributed by atoms with Crippen molar-refractivity contribution in [2.75, 3.05) is 38.5 Å². The van der Waals surface area contributed by atoms with Crippen LogP contribution in [0.1, 0.15) is 42.6 Å². The quantitative estimate of drug-likeness (QED) is 0.379. The summed E-state index contributed by atoms with van der Waals surface area (Å²) in [5.41, 5.74) is 2.20. The Kier molecular flexibility index (Phi) is 9.21. The Balaban J connectivity index is 1.29. The first-order valence-electron chi connectivity index (χ1n) is 14.5. The molecule has 3 aromatic carbocycles. The number of hydrogen-bond donors (Lipinski definition) is 2. The third-order valence-corrected chi connectivity index (χ3v) is 7.65. The van der Waals surface area contributed by atoms with Crippen molar-refractivity contribution < 1.29 is 19.1 Å². The van der Waals surface area contributed by atoms with Crippen LogP contribution >= 0.6 is 0 Å². The molecule has 1 fully saturated rings. The number of hydrogen-bond acceptors (Lipinski definition) is 6. The number of nitrogens with zero attached hydrogens (tertiary/aromatic N) is 2. The SMILES string of the molecule is CC(C)N1C[C@@H](CN(C)Cc2ccc(Oc3ccccc3)cc2)Oc2c(NC(=O)C3CCNCC3)cccc2C1=O. The molecule has 8 nitrogen and oxygen atoms in total. The lowest BCUT2D eigenvalue weighted by Gasteiger charge is -2.30. The van der Waals surface area contributed by atoms with Gasteiger partial charge >= 0.3 is 0 Å². The summed E-state index contributed by atoms with van der Waals surface area (Å²) in [4.78, 5) is 30.7. The molecule has 0 saturated carbocycles. The Morgan fingerprint density at radius 3 is 2.44 bits per heavy atom. The second-order valence-electron chi connectivity index (χ2n) is 11.2. The summed E-state index contributed by atoms with van der Waals surface area (Å²) in [6, 6.07) is 23.3. The molecule has 3 aromatic rings. The highest BCUT2D eigenvalue weighted by molar-refractivity contribution is 6.02. The maximum absolute atomic E-state index is 13.6. The zero-order valence-electron chi connectivity index (χ0n) is 24.1. The van der Waals surface area contributed by atoms with Crippen molar-refractivity contribution in [3.8, 4) is 17.2 Å². The van der Waals surface area contributed by atoms with Crippen molar-refractivity contribution in [2.45, 2.75) is 45.4 Å². The number of likely N-dealkylation sites (N-methyl/N-ethyl adjacent to an activating group) is 1. The Morgan fingerprint density at radius 2 is 1.73 bits per heavy atom. The van der Waals surface area contributed by atoms with Crippen LogP contribution in [-0.4, -0.2) is 67.0 Å². The second kappa shape index (κ2) is 13.2. The van der Waals surface area contributed by atoms with E-state index in [2.05, 4.69) is 34.7 Å². The molecule has 0 aliphatic carbocycles. The van der Waals surface area contributed by atoms with Gasteiger partial charge in [-0.3, -0.25) is 14.5 Å². The van der Waals surface area contributed by atoms with Crippen LogP contribution in [0.25, 0.3) is 0 Å². The van der Waals surface area contributed by atoms with Crippen LogP contribution < -0.4 is 20.1 Å². The van der Waals surface area contributed by atoms with Crippen LogP contribution in [0.2, 0.25) is 0 Å². The Hall–Kier alpha value is -3.88. The number of anilines is 1. The Morgan fingerprint density at radius 1 is 1.02 bits per heavy atom. The fourth-order valence-corrected chi connectivity index (χ4v) is 5.46. The lowest BCUT2D eigenvalue weighted by atomic mass is 9.97. The first-order chi connectivity index (χ1) is 19.9. The zero-order chi connectivity index (χ0) is 28.8. The average Bonchev–Trinajstić information content (AvgIpc) is 3.12. The van der Waals surface area contributed by atoms with Gasteiger partial charge in [0.15, 0.2) is 5.75 Å². The third kappa shape index (κ3) is 7.26. The number of piperidine rings is 1. The number of amides is 2. The van der Waals surface area contributed by atoms with Crippen LogP contribution in [0.5, 0.6) is 17.2 Å². The van der Waals surface area contributed by atoms with Crippen molar-refractivity contribution >= 4 is 17.5 Å². The minimum atomic E-state index is -0.273. The van der Waals surface area contributed by atoms with Crippen LogP contribution in [0.15, 0.2) is 72.8 Å². The van der Waals surface area contributed by atoms with E-state index in [-0.39, 0.29) is 29.9 Å². The molecule has 2 amide bonds. The average molecular weight is 557 g/mol. The van der Waals surface area contributed by atoms with Crippen molar-refractivity contribution in [1.29, 1.82) is 0 Å². The molecule has 1 atom stereocenters. The van der Waals surface area contributed by atoms with E-state index in [0.29, 0.717) is 36.6 Å². The molecule has 0 spiro atoms. The maximum Gasteiger partial charge on any atom is 0.258 e.